The number of ether oxygens (including phenoxy) is 1. The fourth-order valence-electron chi connectivity index (χ4n) is 1.43. The minimum Gasteiger partial charge on any atom is -0.486 e. The molecule has 0 saturated heterocycles. The molecule has 0 radical (unpaired) electrons. The van der Waals surface area contributed by atoms with Crippen molar-refractivity contribution in [2.45, 2.75) is 46.1 Å². The highest BCUT2D eigenvalue weighted by molar-refractivity contribution is 5.38. The van der Waals surface area contributed by atoms with Crippen LogP contribution in [0, 0.1) is 6.92 Å². The molecule has 1 aromatic rings. The molecule has 0 unspecified atom stereocenters. The van der Waals surface area contributed by atoms with Crippen LogP contribution in [0.1, 0.15) is 44.7 Å². The van der Waals surface area contributed by atoms with E-state index in [1.807, 2.05) is 13.8 Å². The van der Waals surface area contributed by atoms with E-state index in [1.54, 1.807) is 0 Å². The molecule has 0 aliphatic heterocycles. The zero-order valence-electron chi connectivity index (χ0n) is 11.0. The summed E-state index contributed by atoms with van der Waals surface area (Å²) in [5.74, 6) is 1.46. The van der Waals surface area contributed by atoms with Crippen molar-refractivity contribution in [2.75, 3.05) is 6.54 Å². The van der Waals surface area contributed by atoms with Crippen LogP contribution in [0.3, 0.4) is 0 Å². The van der Waals surface area contributed by atoms with Crippen LogP contribution in [-0.2, 0) is 0 Å². The molecular formula is C14H23NO. The summed E-state index contributed by atoms with van der Waals surface area (Å²) in [4.78, 5) is 0. The number of nitrogens with two attached hydrogens (primary N) is 1. The Morgan fingerprint density at radius 1 is 1.31 bits per heavy atom. The monoisotopic (exact) mass is 221 g/mol. The smallest absolute Gasteiger partial charge is 0.123 e. The molecule has 0 aliphatic rings. The third-order valence-electron chi connectivity index (χ3n) is 2.76. The zero-order valence-corrected chi connectivity index (χ0v) is 11.0. The van der Waals surface area contributed by atoms with Gasteiger partial charge in [0.2, 0.25) is 0 Å². The summed E-state index contributed by atoms with van der Waals surface area (Å²) in [6, 6.07) is 6.39. The second-order valence-corrected chi connectivity index (χ2v) is 5.25. The van der Waals surface area contributed by atoms with Gasteiger partial charge in [-0.3, -0.25) is 0 Å². The Balaban J connectivity index is 2.99. The molecule has 0 spiro atoms. The molecule has 16 heavy (non-hydrogen) atoms. The summed E-state index contributed by atoms with van der Waals surface area (Å²) in [6.45, 7) is 11.0. The van der Waals surface area contributed by atoms with Crippen LogP contribution in [-0.4, -0.2) is 12.1 Å². The van der Waals surface area contributed by atoms with Gasteiger partial charge in [-0.15, -0.1) is 0 Å². The Morgan fingerprint density at radius 3 is 2.44 bits per heavy atom. The predicted molar refractivity (Wildman–Crippen MR) is 69.0 cm³/mol. The highest BCUT2D eigenvalue weighted by Gasteiger charge is 2.18. The summed E-state index contributed by atoms with van der Waals surface area (Å²) in [7, 11) is 0. The second kappa shape index (κ2) is 4.88. The Labute approximate surface area is 98.8 Å². The molecule has 1 rings (SSSR count). The van der Waals surface area contributed by atoms with Gasteiger partial charge in [0.05, 0.1) is 0 Å². The first-order valence-corrected chi connectivity index (χ1v) is 5.85. The van der Waals surface area contributed by atoms with Crippen LogP contribution in [0.25, 0.3) is 0 Å². The first-order valence-electron chi connectivity index (χ1n) is 5.85. The van der Waals surface area contributed by atoms with E-state index in [-0.39, 0.29) is 5.60 Å². The summed E-state index contributed by atoms with van der Waals surface area (Å²) in [5.41, 5.74) is 7.83. The van der Waals surface area contributed by atoms with E-state index in [4.69, 9.17) is 10.5 Å². The maximum absolute atomic E-state index is 5.95. The normalized spacial score (nSPS) is 11.9. The first kappa shape index (κ1) is 13.0. The van der Waals surface area contributed by atoms with Gasteiger partial charge in [0.1, 0.15) is 11.4 Å². The van der Waals surface area contributed by atoms with Crippen molar-refractivity contribution in [3.63, 3.8) is 0 Å². The number of rotatable bonds is 4. The summed E-state index contributed by atoms with van der Waals surface area (Å²) in [6.07, 6.45) is 0. The Morgan fingerprint density at radius 2 is 1.94 bits per heavy atom. The molecule has 2 heteroatoms. The van der Waals surface area contributed by atoms with E-state index in [9.17, 15) is 0 Å². The summed E-state index contributed by atoms with van der Waals surface area (Å²) >= 11 is 0. The topological polar surface area (TPSA) is 35.2 Å². The van der Waals surface area contributed by atoms with E-state index in [2.05, 4.69) is 39.0 Å². The van der Waals surface area contributed by atoms with Gasteiger partial charge in [0.25, 0.3) is 0 Å². The van der Waals surface area contributed by atoms with Crippen LogP contribution in [0.2, 0.25) is 0 Å². The molecule has 2 nitrogen and oxygen atoms in total. The maximum Gasteiger partial charge on any atom is 0.123 e. The first-order chi connectivity index (χ1) is 7.35. The maximum atomic E-state index is 5.95. The second-order valence-electron chi connectivity index (χ2n) is 5.25. The van der Waals surface area contributed by atoms with Gasteiger partial charge in [-0.05, 0) is 43.9 Å². The molecule has 0 atom stereocenters. The highest BCUT2D eigenvalue weighted by atomic mass is 16.5. The predicted octanol–water partition coefficient (Wildman–Crippen LogP) is 3.23. The van der Waals surface area contributed by atoms with Crippen LogP contribution >= 0.6 is 0 Å². The van der Waals surface area contributed by atoms with Crippen molar-refractivity contribution in [1.29, 1.82) is 0 Å². The quantitative estimate of drug-likeness (QED) is 0.847. The Hall–Kier alpha value is -1.02. The lowest BCUT2D eigenvalue weighted by molar-refractivity contribution is 0.117. The fourth-order valence-corrected chi connectivity index (χ4v) is 1.43. The third-order valence-corrected chi connectivity index (χ3v) is 2.76. The van der Waals surface area contributed by atoms with Crippen LogP contribution in [0.15, 0.2) is 18.2 Å². The van der Waals surface area contributed by atoms with Crippen molar-refractivity contribution in [2.24, 2.45) is 5.73 Å². The SMILES string of the molecule is Cc1ccc(C(C)C)cc1OC(C)(C)CN. The average molecular weight is 221 g/mol. The van der Waals surface area contributed by atoms with E-state index in [0.29, 0.717) is 12.5 Å². The fraction of sp³-hybridized carbons (Fsp3) is 0.571. The van der Waals surface area contributed by atoms with Gasteiger partial charge in [-0.2, -0.15) is 0 Å². The van der Waals surface area contributed by atoms with Gasteiger partial charge in [0.15, 0.2) is 0 Å². The molecule has 0 heterocycles. The van der Waals surface area contributed by atoms with E-state index in [1.165, 1.54) is 5.56 Å². The van der Waals surface area contributed by atoms with E-state index >= 15 is 0 Å². The average Bonchev–Trinajstić information content (AvgIpc) is 2.21. The van der Waals surface area contributed by atoms with Crippen molar-refractivity contribution in [3.8, 4) is 5.75 Å². The molecule has 1 aromatic carbocycles. The van der Waals surface area contributed by atoms with Crippen molar-refractivity contribution in [1.82, 2.24) is 0 Å². The molecule has 0 fully saturated rings. The third kappa shape index (κ3) is 3.24. The molecule has 0 saturated carbocycles. The minimum atomic E-state index is -0.305. The van der Waals surface area contributed by atoms with Crippen LogP contribution < -0.4 is 10.5 Å². The molecule has 0 amide bonds. The van der Waals surface area contributed by atoms with Gasteiger partial charge in [-0.1, -0.05) is 26.0 Å². The lowest BCUT2D eigenvalue weighted by Gasteiger charge is -2.26. The zero-order chi connectivity index (χ0) is 12.3. The van der Waals surface area contributed by atoms with Crippen LogP contribution in [0.5, 0.6) is 5.75 Å². The number of benzene rings is 1. The highest BCUT2D eigenvalue weighted by Crippen LogP contribution is 2.27. The van der Waals surface area contributed by atoms with Gasteiger partial charge in [0, 0.05) is 6.54 Å². The number of hydrogen-bond acceptors (Lipinski definition) is 2. The molecule has 0 bridgehead atoms. The van der Waals surface area contributed by atoms with Gasteiger partial charge < -0.3 is 10.5 Å². The van der Waals surface area contributed by atoms with Gasteiger partial charge >= 0.3 is 0 Å². The lowest BCUT2D eigenvalue weighted by atomic mass is 10.0. The standard InChI is InChI=1S/C14H23NO/c1-10(2)12-7-6-11(3)13(8-12)16-14(4,5)9-15/h6-8,10H,9,15H2,1-5H3. The van der Waals surface area contributed by atoms with E-state index < -0.39 is 0 Å². The van der Waals surface area contributed by atoms with Crippen molar-refractivity contribution < 1.29 is 4.74 Å². The summed E-state index contributed by atoms with van der Waals surface area (Å²) < 4.78 is 5.95. The lowest BCUT2D eigenvalue weighted by Crippen LogP contribution is -2.37. The van der Waals surface area contributed by atoms with Crippen molar-refractivity contribution >= 4 is 0 Å². The van der Waals surface area contributed by atoms with Crippen LogP contribution in [0.4, 0.5) is 0 Å². The molecule has 0 aromatic heterocycles. The minimum absolute atomic E-state index is 0.305. The number of hydrogen-bond donors (Lipinski definition) is 1. The Kier molecular flexibility index (Phi) is 3.98. The van der Waals surface area contributed by atoms with Crippen molar-refractivity contribution in [3.05, 3.63) is 29.3 Å². The Bertz CT molecular complexity index is 356. The number of aryl methyl sites for hydroxylation is 1. The summed E-state index contributed by atoms with van der Waals surface area (Å²) in [5, 5.41) is 0. The van der Waals surface area contributed by atoms with Gasteiger partial charge in [-0.25, -0.2) is 0 Å². The largest absolute Gasteiger partial charge is 0.486 e. The molecule has 0 aliphatic carbocycles. The molecule has 90 valence electrons. The van der Waals surface area contributed by atoms with E-state index in [0.717, 1.165) is 11.3 Å². The molecule has 2 N–H and O–H groups in total. The molecular weight excluding hydrogens is 198 g/mol.